The molecule has 1 heterocycles. The van der Waals surface area contributed by atoms with E-state index in [0.717, 1.165) is 4.57 Å². The summed E-state index contributed by atoms with van der Waals surface area (Å²) >= 11 is 0. The SMILES string of the molecule is CN(Cc1nccn1C(F)F)C(=O)[C@@H](N)C(C)(C)C.Cl.Cl. The molecule has 0 saturated heterocycles. The Morgan fingerprint density at radius 1 is 1.43 bits per heavy atom. The van der Waals surface area contributed by atoms with Gasteiger partial charge in [-0.1, -0.05) is 20.8 Å². The maximum atomic E-state index is 12.7. The van der Waals surface area contributed by atoms with Crippen molar-refractivity contribution in [1.29, 1.82) is 0 Å². The van der Waals surface area contributed by atoms with E-state index in [1.54, 1.807) is 0 Å². The van der Waals surface area contributed by atoms with E-state index in [4.69, 9.17) is 5.73 Å². The number of amides is 1. The molecule has 2 N–H and O–H groups in total. The Balaban J connectivity index is 0. The Morgan fingerprint density at radius 3 is 2.38 bits per heavy atom. The molecule has 0 aliphatic carbocycles. The summed E-state index contributed by atoms with van der Waals surface area (Å²) in [6, 6.07) is -0.688. The summed E-state index contributed by atoms with van der Waals surface area (Å²) in [5, 5.41) is 0. The molecular weight excluding hydrogens is 325 g/mol. The predicted octanol–water partition coefficient (Wildman–Crippen LogP) is 2.45. The van der Waals surface area contributed by atoms with Gasteiger partial charge in [0.25, 0.3) is 0 Å². The number of carbonyl (C=O) groups excluding carboxylic acids is 1. The van der Waals surface area contributed by atoms with E-state index in [1.165, 1.54) is 24.3 Å². The van der Waals surface area contributed by atoms with E-state index in [9.17, 15) is 13.6 Å². The first-order valence-electron chi connectivity index (χ1n) is 5.95. The Kier molecular flexibility index (Phi) is 9.06. The molecule has 1 aromatic rings. The van der Waals surface area contributed by atoms with Crippen molar-refractivity contribution in [1.82, 2.24) is 14.5 Å². The number of hydrogen-bond acceptors (Lipinski definition) is 3. The molecule has 0 aliphatic rings. The van der Waals surface area contributed by atoms with E-state index in [0.29, 0.717) is 0 Å². The van der Waals surface area contributed by atoms with Crippen LogP contribution in [0.3, 0.4) is 0 Å². The summed E-state index contributed by atoms with van der Waals surface area (Å²) in [5.41, 5.74) is 5.47. The van der Waals surface area contributed by atoms with Crippen LogP contribution < -0.4 is 5.73 Å². The third kappa shape index (κ3) is 5.76. The van der Waals surface area contributed by atoms with Gasteiger partial charge >= 0.3 is 6.55 Å². The Hall–Kier alpha value is -0.920. The monoisotopic (exact) mass is 346 g/mol. The van der Waals surface area contributed by atoms with Gasteiger partial charge in [0.1, 0.15) is 5.82 Å². The maximum absolute atomic E-state index is 12.7. The fraction of sp³-hybridized carbons (Fsp3) is 0.667. The normalized spacial score (nSPS) is 12.4. The minimum Gasteiger partial charge on any atom is -0.337 e. The molecule has 1 atom stereocenters. The van der Waals surface area contributed by atoms with E-state index in [1.807, 2.05) is 20.8 Å². The average molecular weight is 347 g/mol. The van der Waals surface area contributed by atoms with Gasteiger partial charge in [0.15, 0.2) is 0 Å². The quantitative estimate of drug-likeness (QED) is 0.910. The number of halogens is 4. The highest BCUT2D eigenvalue weighted by atomic mass is 35.5. The summed E-state index contributed by atoms with van der Waals surface area (Å²) in [7, 11) is 1.53. The second-order valence-corrected chi connectivity index (χ2v) is 5.57. The van der Waals surface area contributed by atoms with Crippen molar-refractivity contribution in [3.05, 3.63) is 18.2 Å². The van der Waals surface area contributed by atoms with Gasteiger partial charge in [-0.2, -0.15) is 8.78 Å². The number of alkyl halides is 2. The molecule has 0 spiro atoms. The average Bonchev–Trinajstić information content (AvgIpc) is 2.73. The first kappa shape index (κ1) is 22.4. The summed E-state index contributed by atoms with van der Waals surface area (Å²) in [6.07, 6.45) is 2.46. The molecule has 0 radical (unpaired) electrons. The van der Waals surface area contributed by atoms with Crippen LogP contribution in [-0.2, 0) is 11.3 Å². The lowest BCUT2D eigenvalue weighted by Gasteiger charge is -2.29. The highest BCUT2D eigenvalue weighted by Gasteiger charge is 2.30. The lowest BCUT2D eigenvalue weighted by Crippen LogP contribution is -2.49. The minimum absolute atomic E-state index is 0. The first-order chi connectivity index (χ1) is 8.64. The lowest BCUT2D eigenvalue weighted by molar-refractivity contribution is -0.134. The number of likely N-dealkylation sites (N-methyl/N-ethyl adjacent to an activating group) is 1. The zero-order valence-electron chi connectivity index (χ0n) is 12.4. The minimum atomic E-state index is -2.67. The standard InChI is InChI=1S/C12H20F2N4O.2ClH/c1-12(2,3)9(15)10(19)17(4)7-8-16-5-6-18(8)11(13)14;;/h5-6,9,11H,7,15H2,1-4H3;2*1H/t9-;;/m1../s1. The molecule has 0 fully saturated rings. The number of rotatable bonds is 4. The smallest absolute Gasteiger partial charge is 0.319 e. The summed E-state index contributed by atoms with van der Waals surface area (Å²) in [6.45, 7) is 2.88. The van der Waals surface area contributed by atoms with Crippen LogP contribution in [-0.4, -0.2) is 33.4 Å². The zero-order valence-corrected chi connectivity index (χ0v) is 14.0. The van der Waals surface area contributed by atoms with Gasteiger partial charge in [-0.05, 0) is 5.41 Å². The number of imidazole rings is 1. The molecule has 0 aromatic carbocycles. The number of nitrogens with two attached hydrogens (primary N) is 1. The second kappa shape index (κ2) is 8.51. The third-order valence-corrected chi connectivity index (χ3v) is 2.91. The molecule has 0 bridgehead atoms. The molecular formula is C12H22Cl2F2N4O. The van der Waals surface area contributed by atoms with Crippen LogP contribution in [0, 0.1) is 5.41 Å². The van der Waals surface area contributed by atoms with Crippen LogP contribution in [0.1, 0.15) is 33.1 Å². The Bertz CT molecular complexity index is 449. The first-order valence-corrected chi connectivity index (χ1v) is 5.95. The number of hydrogen-bond donors (Lipinski definition) is 1. The van der Waals surface area contributed by atoms with E-state index >= 15 is 0 Å². The van der Waals surface area contributed by atoms with Gasteiger partial charge in [0, 0.05) is 19.4 Å². The van der Waals surface area contributed by atoms with Crippen molar-refractivity contribution in [3.63, 3.8) is 0 Å². The van der Waals surface area contributed by atoms with Crippen molar-refractivity contribution in [3.8, 4) is 0 Å². The van der Waals surface area contributed by atoms with Crippen LogP contribution >= 0.6 is 24.8 Å². The van der Waals surface area contributed by atoms with Gasteiger partial charge in [-0.25, -0.2) is 4.98 Å². The summed E-state index contributed by atoms with van der Waals surface area (Å²) < 4.78 is 26.0. The predicted molar refractivity (Wildman–Crippen MR) is 81.9 cm³/mol. The van der Waals surface area contributed by atoms with Gasteiger partial charge < -0.3 is 10.6 Å². The zero-order chi connectivity index (χ0) is 14.8. The molecule has 21 heavy (non-hydrogen) atoms. The van der Waals surface area contributed by atoms with Crippen LogP contribution in [0.4, 0.5) is 8.78 Å². The largest absolute Gasteiger partial charge is 0.337 e. The fourth-order valence-electron chi connectivity index (χ4n) is 1.54. The van der Waals surface area contributed by atoms with E-state index in [-0.39, 0.29) is 48.5 Å². The van der Waals surface area contributed by atoms with Crippen molar-refractivity contribution >= 4 is 30.7 Å². The van der Waals surface area contributed by atoms with Crippen molar-refractivity contribution in [2.24, 2.45) is 11.1 Å². The maximum Gasteiger partial charge on any atom is 0.319 e. The summed E-state index contributed by atoms with van der Waals surface area (Å²) in [4.78, 5) is 17.2. The van der Waals surface area contributed by atoms with Gasteiger partial charge in [-0.3, -0.25) is 9.36 Å². The van der Waals surface area contributed by atoms with Crippen molar-refractivity contribution in [2.45, 2.75) is 39.9 Å². The van der Waals surface area contributed by atoms with Gasteiger partial charge in [0.2, 0.25) is 5.91 Å². The second-order valence-electron chi connectivity index (χ2n) is 5.57. The van der Waals surface area contributed by atoms with Gasteiger partial charge in [-0.15, -0.1) is 24.8 Å². The molecule has 0 saturated carbocycles. The van der Waals surface area contributed by atoms with Crippen LogP contribution in [0.15, 0.2) is 12.4 Å². The molecule has 9 heteroatoms. The van der Waals surface area contributed by atoms with Crippen LogP contribution in [0.5, 0.6) is 0 Å². The van der Waals surface area contributed by atoms with Crippen LogP contribution in [0.2, 0.25) is 0 Å². The molecule has 1 amide bonds. The van der Waals surface area contributed by atoms with Crippen molar-refractivity contribution < 1.29 is 13.6 Å². The molecule has 1 rings (SSSR count). The topological polar surface area (TPSA) is 64.2 Å². The third-order valence-electron chi connectivity index (χ3n) is 2.91. The number of carbonyl (C=O) groups is 1. The molecule has 124 valence electrons. The Labute approximate surface area is 135 Å². The van der Waals surface area contributed by atoms with E-state index < -0.39 is 12.6 Å². The van der Waals surface area contributed by atoms with Crippen LogP contribution in [0.25, 0.3) is 0 Å². The van der Waals surface area contributed by atoms with E-state index in [2.05, 4.69) is 4.98 Å². The molecule has 0 aliphatic heterocycles. The van der Waals surface area contributed by atoms with Crippen molar-refractivity contribution in [2.75, 3.05) is 7.05 Å². The number of nitrogens with zero attached hydrogens (tertiary/aromatic N) is 3. The Morgan fingerprint density at radius 2 is 1.95 bits per heavy atom. The molecule has 0 unspecified atom stereocenters. The molecule has 5 nitrogen and oxygen atoms in total. The van der Waals surface area contributed by atoms with Gasteiger partial charge in [0.05, 0.1) is 12.6 Å². The molecule has 1 aromatic heterocycles. The highest BCUT2D eigenvalue weighted by Crippen LogP contribution is 2.20. The highest BCUT2D eigenvalue weighted by molar-refractivity contribution is 5.85. The number of aromatic nitrogens is 2. The summed E-state index contributed by atoms with van der Waals surface area (Å²) in [5.74, 6) is -0.164. The fourth-order valence-corrected chi connectivity index (χ4v) is 1.54. The lowest BCUT2D eigenvalue weighted by atomic mass is 9.86.